The van der Waals surface area contributed by atoms with Crippen molar-refractivity contribution in [1.82, 2.24) is 20.1 Å². The minimum absolute atomic E-state index is 0.0355. The standard InChI is InChI=1S/C25H36N4O4/c1-5-6-21(31)29-15-25(9-11-28(12-10-25)24(32)26-16(2)3)22-18-8-7-17(33-4)13-19(18)27-23(22)20(29)14-30/h7-8,13,16,20,27,30H,5-6,9-12,14-15H2,1-4H3,(H,26,32)/t20-/m0/s1. The largest absolute Gasteiger partial charge is 0.497 e. The topological polar surface area (TPSA) is 97.9 Å². The lowest BCUT2D eigenvalue weighted by Crippen LogP contribution is -2.57. The SMILES string of the molecule is CCCC(=O)N1CC2(CCN(C(=O)NC(C)C)CC2)c2c([nH]c3cc(OC)ccc23)[C@@H]1CO. The summed E-state index contributed by atoms with van der Waals surface area (Å²) in [6.07, 6.45) is 2.75. The Hall–Kier alpha value is -2.74. The quantitative estimate of drug-likeness (QED) is 0.643. The van der Waals surface area contributed by atoms with Crippen molar-refractivity contribution in [1.29, 1.82) is 0 Å². The molecule has 3 N–H and O–H groups in total. The molecular formula is C25H36N4O4. The number of aliphatic hydroxyl groups is 1. The molecule has 2 aliphatic rings. The molecule has 2 aromatic rings. The molecule has 33 heavy (non-hydrogen) atoms. The number of nitrogens with one attached hydrogen (secondary N) is 2. The molecule has 3 heterocycles. The Morgan fingerprint density at radius 1 is 1.30 bits per heavy atom. The van der Waals surface area contributed by atoms with Gasteiger partial charge in [-0.1, -0.05) is 6.92 Å². The molecule has 1 saturated heterocycles. The summed E-state index contributed by atoms with van der Waals surface area (Å²) in [5.74, 6) is 0.826. The van der Waals surface area contributed by atoms with Gasteiger partial charge in [-0.3, -0.25) is 4.79 Å². The smallest absolute Gasteiger partial charge is 0.317 e. The minimum Gasteiger partial charge on any atom is -0.497 e. The highest BCUT2D eigenvalue weighted by Crippen LogP contribution is 2.49. The molecule has 0 aliphatic carbocycles. The number of aromatic nitrogens is 1. The van der Waals surface area contributed by atoms with Gasteiger partial charge in [0, 0.05) is 60.2 Å². The second-order valence-corrected chi connectivity index (χ2v) is 9.67. The molecule has 0 saturated carbocycles. The molecule has 1 fully saturated rings. The normalized spacial score (nSPS) is 19.8. The Bertz CT molecular complexity index is 1020. The van der Waals surface area contributed by atoms with E-state index in [4.69, 9.17) is 4.74 Å². The summed E-state index contributed by atoms with van der Waals surface area (Å²) in [5.41, 5.74) is 2.77. The Balaban J connectivity index is 1.77. The fraction of sp³-hybridized carbons (Fsp3) is 0.600. The summed E-state index contributed by atoms with van der Waals surface area (Å²) in [4.78, 5) is 33.0. The number of urea groups is 1. The van der Waals surface area contributed by atoms with E-state index in [1.54, 1.807) is 7.11 Å². The molecule has 3 amide bonds. The van der Waals surface area contributed by atoms with Crippen LogP contribution in [-0.2, 0) is 10.2 Å². The molecule has 8 nitrogen and oxygen atoms in total. The maximum absolute atomic E-state index is 13.1. The van der Waals surface area contributed by atoms with E-state index in [0.717, 1.165) is 41.6 Å². The first-order chi connectivity index (χ1) is 15.8. The number of piperidine rings is 1. The third-order valence-electron chi connectivity index (χ3n) is 7.12. The highest BCUT2D eigenvalue weighted by Gasteiger charge is 2.48. The van der Waals surface area contributed by atoms with Crippen molar-refractivity contribution in [3.63, 3.8) is 0 Å². The van der Waals surface area contributed by atoms with Gasteiger partial charge >= 0.3 is 6.03 Å². The first-order valence-electron chi connectivity index (χ1n) is 12.0. The molecule has 8 heteroatoms. The predicted molar refractivity (Wildman–Crippen MR) is 127 cm³/mol. The van der Waals surface area contributed by atoms with Gasteiger partial charge in [0.15, 0.2) is 0 Å². The average molecular weight is 457 g/mol. The van der Waals surface area contributed by atoms with Gasteiger partial charge in [0.05, 0.1) is 19.8 Å². The number of nitrogens with zero attached hydrogens (tertiary/aromatic N) is 2. The number of H-pyrrole nitrogens is 1. The van der Waals surface area contributed by atoms with Crippen LogP contribution >= 0.6 is 0 Å². The Kier molecular flexibility index (Phi) is 6.56. The van der Waals surface area contributed by atoms with Crippen LogP contribution in [0.1, 0.15) is 63.8 Å². The first-order valence-corrected chi connectivity index (χ1v) is 12.0. The number of amides is 3. The summed E-state index contributed by atoms with van der Waals surface area (Å²) < 4.78 is 5.42. The fourth-order valence-electron chi connectivity index (χ4n) is 5.51. The minimum atomic E-state index is -0.398. The molecule has 180 valence electrons. The van der Waals surface area contributed by atoms with Crippen LogP contribution in [0, 0.1) is 0 Å². The number of ether oxygens (including phenoxy) is 1. The fourth-order valence-corrected chi connectivity index (χ4v) is 5.51. The van der Waals surface area contributed by atoms with E-state index in [1.165, 1.54) is 5.56 Å². The van der Waals surface area contributed by atoms with Gasteiger partial charge in [0.25, 0.3) is 0 Å². The lowest BCUT2D eigenvalue weighted by atomic mass is 9.68. The van der Waals surface area contributed by atoms with Crippen molar-refractivity contribution < 1.29 is 19.4 Å². The van der Waals surface area contributed by atoms with Crippen LogP contribution in [0.15, 0.2) is 18.2 Å². The zero-order valence-corrected chi connectivity index (χ0v) is 20.1. The monoisotopic (exact) mass is 456 g/mol. The van der Waals surface area contributed by atoms with Crippen molar-refractivity contribution in [2.24, 2.45) is 0 Å². The van der Waals surface area contributed by atoms with E-state index >= 15 is 0 Å². The number of hydrogen-bond acceptors (Lipinski definition) is 4. The number of methoxy groups -OCH3 is 1. The van der Waals surface area contributed by atoms with Crippen molar-refractivity contribution in [3.05, 3.63) is 29.5 Å². The van der Waals surface area contributed by atoms with E-state index in [9.17, 15) is 14.7 Å². The average Bonchev–Trinajstić information content (AvgIpc) is 3.18. The zero-order valence-electron chi connectivity index (χ0n) is 20.1. The maximum Gasteiger partial charge on any atom is 0.317 e. The highest BCUT2D eigenvalue weighted by atomic mass is 16.5. The maximum atomic E-state index is 13.1. The molecule has 0 unspecified atom stereocenters. The lowest BCUT2D eigenvalue weighted by Gasteiger charge is -2.50. The lowest BCUT2D eigenvalue weighted by molar-refractivity contribution is -0.137. The predicted octanol–water partition coefficient (Wildman–Crippen LogP) is 3.30. The summed E-state index contributed by atoms with van der Waals surface area (Å²) in [6.45, 7) is 7.60. The number of benzene rings is 1. The number of carbonyl (C=O) groups excluding carboxylic acids is 2. The molecule has 1 aromatic heterocycles. The van der Waals surface area contributed by atoms with Gasteiger partial charge in [-0.2, -0.15) is 0 Å². The van der Waals surface area contributed by atoms with Gasteiger partial charge in [0.1, 0.15) is 5.75 Å². The van der Waals surface area contributed by atoms with E-state index in [1.807, 2.05) is 42.7 Å². The number of aromatic amines is 1. The van der Waals surface area contributed by atoms with Crippen LogP contribution in [0.25, 0.3) is 10.9 Å². The number of carbonyl (C=O) groups is 2. The van der Waals surface area contributed by atoms with E-state index < -0.39 is 6.04 Å². The summed E-state index contributed by atoms with van der Waals surface area (Å²) >= 11 is 0. The molecule has 1 aromatic carbocycles. The molecule has 1 atom stereocenters. The van der Waals surface area contributed by atoms with E-state index in [0.29, 0.717) is 26.1 Å². The van der Waals surface area contributed by atoms with Gasteiger partial charge in [0.2, 0.25) is 5.91 Å². The zero-order chi connectivity index (χ0) is 23.8. The van der Waals surface area contributed by atoms with Crippen molar-refractivity contribution in [3.8, 4) is 5.75 Å². The van der Waals surface area contributed by atoms with Gasteiger partial charge < -0.3 is 29.9 Å². The molecular weight excluding hydrogens is 420 g/mol. The second-order valence-electron chi connectivity index (χ2n) is 9.67. The molecule has 0 radical (unpaired) electrons. The van der Waals surface area contributed by atoms with Crippen LogP contribution in [-0.4, -0.2) is 71.2 Å². The number of hydrogen-bond donors (Lipinski definition) is 3. The van der Waals surface area contributed by atoms with Crippen molar-refractivity contribution in [2.75, 3.05) is 33.4 Å². The third-order valence-corrected chi connectivity index (χ3v) is 7.12. The third kappa shape index (κ3) is 4.16. The van der Waals surface area contributed by atoms with Crippen LogP contribution in [0.4, 0.5) is 4.79 Å². The number of aliphatic hydroxyl groups excluding tert-OH is 1. The van der Waals surface area contributed by atoms with Crippen LogP contribution in [0.5, 0.6) is 5.75 Å². The Morgan fingerprint density at radius 3 is 2.64 bits per heavy atom. The molecule has 4 rings (SSSR count). The van der Waals surface area contributed by atoms with E-state index in [-0.39, 0.29) is 30.0 Å². The van der Waals surface area contributed by atoms with Crippen molar-refractivity contribution in [2.45, 2.75) is 64.0 Å². The van der Waals surface area contributed by atoms with Gasteiger partial charge in [-0.15, -0.1) is 0 Å². The molecule has 1 spiro atoms. The second kappa shape index (κ2) is 9.25. The van der Waals surface area contributed by atoms with E-state index in [2.05, 4.69) is 16.4 Å². The van der Waals surface area contributed by atoms with Crippen LogP contribution in [0.3, 0.4) is 0 Å². The van der Waals surface area contributed by atoms with Crippen LogP contribution < -0.4 is 10.1 Å². The van der Waals surface area contributed by atoms with Gasteiger partial charge in [-0.25, -0.2) is 4.79 Å². The Morgan fingerprint density at radius 2 is 2.03 bits per heavy atom. The first kappa shape index (κ1) is 23.4. The number of fused-ring (bicyclic) bond motifs is 4. The number of likely N-dealkylation sites (tertiary alicyclic amines) is 1. The van der Waals surface area contributed by atoms with Crippen LogP contribution in [0.2, 0.25) is 0 Å². The number of rotatable bonds is 5. The highest BCUT2D eigenvalue weighted by molar-refractivity contribution is 5.89. The van der Waals surface area contributed by atoms with Crippen molar-refractivity contribution >= 4 is 22.8 Å². The Labute approximate surface area is 195 Å². The summed E-state index contributed by atoms with van der Waals surface area (Å²) in [5, 5.41) is 14.4. The van der Waals surface area contributed by atoms with Gasteiger partial charge in [-0.05, 0) is 50.8 Å². The molecule has 2 aliphatic heterocycles. The molecule has 0 bridgehead atoms. The summed E-state index contributed by atoms with van der Waals surface area (Å²) in [7, 11) is 1.64. The summed E-state index contributed by atoms with van der Waals surface area (Å²) in [6, 6.07) is 5.65.